The van der Waals surface area contributed by atoms with Crippen molar-refractivity contribution in [1.29, 1.82) is 0 Å². The summed E-state index contributed by atoms with van der Waals surface area (Å²) in [5.41, 5.74) is 5.13. The number of hydrogen-bond donors (Lipinski definition) is 3. The third-order valence-electron chi connectivity index (χ3n) is 4.83. The van der Waals surface area contributed by atoms with Crippen LogP contribution < -0.4 is 15.8 Å². The van der Waals surface area contributed by atoms with Crippen LogP contribution in [0.25, 0.3) is 22.2 Å². The van der Waals surface area contributed by atoms with E-state index in [0.29, 0.717) is 11.0 Å². The number of aromatic nitrogens is 2. The van der Waals surface area contributed by atoms with Crippen molar-refractivity contribution in [3.05, 3.63) is 92.0 Å². The van der Waals surface area contributed by atoms with E-state index in [4.69, 9.17) is 12.8 Å². The van der Waals surface area contributed by atoms with Gasteiger partial charge in [0.05, 0.1) is 11.0 Å². The van der Waals surface area contributed by atoms with E-state index in [0.717, 1.165) is 38.4 Å². The van der Waals surface area contributed by atoms with Crippen molar-refractivity contribution in [3.8, 4) is 35.8 Å². The molecule has 31 heavy (non-hydrogen) atoms. The maximum atomic E-state index is 11.6. The van der Waals surface area contributed by atoms with Crippen molar-refractivity contribution < 1.29 is 0 Å². The maximum Gasteiger partial charge on any atom is 0.314 e. The van der Waals surface area contributed by atoms with Gasteiger partial charge in [-0.3, -0.25) is 9.59 Å². The highest BCUT2D eigenvalue weighted by Gasteiger charge is 2.08. The average Bonchev–Trinajstić information content (AvgIpc) is 2.79. The zero-order valence-electron chi connectivity index (χ0n) is 16.6. The Balaban J connectivity index is 1.60. The molecular weight excluding hydrogens is 406 g/mol. The molecule has 4 rings (SSSR count). The first kappa shape index (κ1) is 20.2. The molecule has 0 fully saturated rings. The zero-order valence-corrected chi connectivity index (χ0v) is 17.4. The van der Waals surface area contributed by atoms with Crippen LogP contribution >= 0.6 is 11.9 Å². The Kier molecular flexibility index (Phi) is 5.41. The number of anilines is 1. The minimum atomic E-state index is -0.676. The van der Waals surface area contributed by atoms with E-state index >= 15 is 0 Å². The van der Waals surface area contributed by atoms with E-state index in [-0.39, 0.29) is 0 Å². The second kappa shape index (κ2) is 8.31. The van der Waals surface area contributed by atoms with Crippen molar-refractivity contribution in [2.75, 3.05) is 4.72 Å². The molecule has 0 amide bonds. The van der Waals surface area contributed by atoms with Gasteiger partial charge in [-0.1, -0.05) is 30.0 Å². The molecule has 0 saturated carbocycles. The third kappa shape index (κ3) is 4.11. The van der Waals surface area contributed by atoms with Gasteiger partial charge in [-0.15, -0.1) is 12.8 Å². The standard InChI is InChI=1S/C25H17N3O2S/c1-4-16-6-8-18(9-7-16)20-11-10-19(13-17(20)5-2)28-31-23-14-22-21(12-15(23)3)26-24(29)25(30)27-22/h1-2,6-14,28H,3H3,(H,26,29)(H,27,30). The SMILES string of the molecule is C#Cc1ccc(-c2ccc(NSc3cc4[nH]c(=O)c(=O)[nH]c4cc3C)cc2C#C)cc1. The molecular formula is C25H17N3O2S. The number of terminal acetylenes is 2. The van der Waals surface area contributed by atoms with Gasteiger partial charge in [-0.25, -0.2) is 0 Å². The molecule has 0 spiro atoms. The first-order valence-corrected chi connectivity index (χ1v) is 10.2. The molecule has 0 aliphatic rings. The lowest BCUT2D eigenvalue weighted by atomic mass is 9.98. The fourth-order valence-electron chi connectivity index (χ4n) is 3.20. The summed E-state index contributed by atoms with van der Waals surface area (Å²) >= 11 is 1.40. The number of benzene rings is 3. The lowest BCUT2D eigenvalue weighted by Gasteiger charge is -2.12. The fourth-order valence-corrected chi connectivity index (χ4v) is 3.95. The molecule has 0 aliphatic heterocycles. The fraction of sp³-hybridized carbons (Fsp3) is 0.0400. The van der Waals surface area contributed by atoms with E-state index in [2.05, 4.69) is 26.5 Å². The highest BCUT2D eigenvalue weighted by Crippen LogP contribution is 2.30. The van der Waals surface area contributed by atoms with Crippen LogP contribution in [0.1, 0.15) is 16.7 Å². The quantitative estimate of drug-likeness (QED) is 0.260. The highest BCUT2D eigenvalue weighted by molar-refractivity contribution is 8.00. The summed E-state index contributed by atoms with van der Waals surface area (Å²) in [6.07, 6.45) is 11.2. The predicted molar refractivity (Wildman–Crippen MR) is 127 cm³/mol. The number of hydrogen-bond acceptors (Lipinski definition) is 4. The van der Waals surface area contributed by atoms with Crippen LogP contribution in [-0.2, 0) is 0 Å². The minimum absolute atomic E-state index is 0.564. The molecule has 0 radical (unpaired) electrons. The largest absolute Gasteiger partial charge is 0.326 e. The van der Waals surface area contributed by atoms with E-state index in [1.54, 1.807) is 0 Å². The number of fused-ring (bicyclic) bond motifs is 1. The maximum absolute atomic E-state index is 11.6. The Morgan fingerprint density at radius 1 is 0.871 bits per heavy atom. The van der Waals surface area contributed by atoms with E-state index in [9.17, 15) is 9.59 Å². The Bertz CT molecular complexity index is 1500. The van der Waals surface area contributed by atoms with Crippen LogP contribution in [0.5, 0.6) is 0 Å². The predicted octanol–water partition coefficient (Wildman–Crippen LogP) is 4.27. The molecule has 0 unspecified atom stereocenters. The van der Waals surface area contributed by atoms with Gasteiger partial charge in [0.1, 0.15) is 0 Å². The van der Waals surface area contributed by atoms with Crippen molar-refractivity contribution in [3.63, 3.8) is 0 Å². The van der Waals surface area contributed by atoms with E-state index in [1.165, 1.54) is 11.9 Å². The summed E-state index contributed by atoms with van der Waals surface area (Å²) in [7, 11) is 0. The monoisotopic (exact) mass is 423 g/mol. The van der Waals surface area contributed by atoms with Gasteiger partial charge in [0.2, 0.25) is 0 Å². The van der Waals surface area contributed by atoms with Gasteiger partial charge in [0.15, 0.2) is 0 Å². The van der Waals surface area contributed by atoms with Gasteiger partial charge in [-0.2, -0.15) is 0 Å². The second-order valence-corrected chi connectivity index (χ2v) is 7.75. The van der Waals surface area contributed by atoms with E-state index in [1.807, 2.05) is 61.5 Å². The van der Waals surface area contributed by atoms with Gasteiger partial charge in [0, 0.05) is 21.7 Å². The first-order chi connectivity index (χ1) is 15.0. The summed E-state index contributed by atoms with van der Waals surface area (Å²) in [6.45, 7) is 1.93. The zero-order chi connectivity index (χ0) is 22.0. The Morgan fingerprint density at radius 2 is 1.55 bits per heavy atom. The van der Waals surface area contributed by atoms with Crippen LogP contribution in [-0.4, -0.2) is 9.97 Å². The lowest BCUT2D eigenvalue weighted by molar-refractivity contribution is 1.13. The van der Waals surface area contributed by atoms with Crippen molar-refractivity contribution in [2.24, 2.45) is 0 Å². The average molecular weight is 423 g/mol. The number of nitrogens with one attached hydrogen (secondary N) is 3. The summed E-state index contributed by atoms with van der Waals surface area (Å²) < 4.78 is 3.29. The topological polar surface area (TPSA) is 77.8 Å². The molecule has 1 heterocycles. The van der Waals surface area contributed by atoms with Crippen LogP contribution in [0.3, 0.4) is 0 Å². The third-order valence-corrected chi connectivity index (χ3v) is 5.83. The Labute approximate surface area is 183 Å². The second-order valence-electron chi connectivity index (χ2n) is 6.90. The van der Waals surface area contributed by atoms with Crippen molar-refractivity contribution in [1.82, 2.24) is 9.97 Å². The summed E-state index contributed by atoms with van der Waals surface area (Å²) in [5.74, 6) is 5.35. The van der Waals surface area contributed by atoms with Gasteiger partial charge >= 0.3 is 11.1 Å². The van der Waals surface area contributed by atoms with Crippen molar-refractivity contribution >= 4 is 28.7 Å². The number of aryl methyl sites for hydroxylation is 1. The molecule has 3 N–H and O–H groups in total. The molecule has 5 nitrogen and oxygen atoms in total. The Morgan fingerprint density at radius 3 is 2.19 bits per heavy atom. The summed E-state index contributed by atoms with van der Waals surface area (Å²) in [5, 5.41) is 0. The van der Waals surface area contributed by atoms with Gasteiger partial charge in [0.25, 0.3) is 0 Å². The van der Waals surface area contributed by atoms with Gasteiger partial charge < -0.3 is 14.7 Å². The van der Waals surface area contributed by atoms with E-state index < -0.39 is 11.1 Å². The molecule has 4 aromatic rings. The normalized spacial score (nSPS) is 10.4. The molecule has 3 aromatic carbocycles. The van der Waals surface area contributed by atoms with Gasteiger partial charge in [-0.05, 0) is 72.0 Å². The number of aromatic amines is 2. The van der Waals surface area contributed by atoms with Crippen LogP contribution in [0.15, 0.2) is 69.1 Å². The molecule has 6 heteroatoms. The lowest BCUT2D eigenvalue weighted by Crippen LogP contribution is -2.28. The molecule has 150 valence electrons. The molecule has 1 aromatic heterocycles. The first-order valence-electron chi connectivity index (χ1n) is 9.36. The molecule has 0 aliphatic carbocycles. The number of H-pyrrole nitrogens is 2. The minimum Gasteiger partial charge on any atom is -0.326 e. The highest BCUT2D eigenvalue weighted by atomic mass is 32.2. The smallest absolute Gasteiger partial charge is 0.314 e. The Hall–Kier alpha value is -4.13. The summed E-state index contributed by atoms with van der Waals surface area (Å²) in [4.78, 5) is 29.2. The molecule has 0 atom stereocenters. The molecule has 0 bridgehead atoms. The van der Waals surface area contributed by atoms with Crippen molar-refractivity contribution in [2.45, 2.75) is 11.8 Å². The van der Waals surface area contributed by atoms with Crippen LogP contribution in [0.2, 0.25) is 0 Å². The van der Waals surface area contributed by atoms with Crippen LogP contribution in [0.4, 0.5) is 5.69 Å². The number of rotatable bonds is 4. The molecule has 0 saturated heterocycles. The summed E-state index contributed by atoms with van der Waals surface area (Å²) in [6, 6.07) is 17.2. The van der Waals surface area contributed by atoms with Crippen LogP contribution in [0, 0.1) is 31.6 Å².